The van der Waals surface area contributed by atoms with Crippen LogP contribution in [0.2, 0.25) is 0 Å². The Morgan fingerprint density at radius 3 is 1.87 bits per heavy atom. The van der Waals surface area contributed by atoms with E-state index in [0.717, 1.165) is 0 Å². The fourth-order valence-corrected chi connectivity index (χ4v) is 8.68. The first kappa shape index (κ1) is 54.7. The summed E-state index contributed by atoms with van der Waals surface area (Å²) in [6.45, 7) is 16.3. The van der Waals surface area contributed by atoms with E-state index in [1.54, 1.807) is 41.5 Å². The Balaban J connectivity index is 0.00000113. The van der Waals surface area contributed by atoms with Crippen LogP contribution in [0.1, 0.15) is 94.9 Å². The summed E-state index contributed by atoms with van der Waals surface area (Å²) in [4.78, 5) is 49.3. The number of carboxylic acid groups (broad SMARTS) is 2. The number of ether oxygens (including phenoxy) is 6. The minimum atomic E-state index is -2.27. The normalized spacial score (nSPS) is 44.2. The molecule has 0 aromatic rings. The van der Waals surface area contributed by atoms with E-state index in [2.05, 4.69) is 0 Å². The summed E-state index contributed by atoms with van der Waals surface area (Å²) in [5, 5.41) is 90.1. The van der Waals surface area contributed by atoms with Crippen molar-refractivity contribution in [3.05, 3.63) is 0 Å². The largest absolute Gasteiger partial charge is 0.479 e. The number of methoxy groups -OCH3 is 1. The molecule has 61 heavy (non-hydrogen) atoms. The summed E-state index contributed by atoms with van der Waals surface area (Å²) in [6, 6.07) is -0.324. The molecule has 0 aromatic heterocycles. The van der Waals surface area contributed by atoms with E-state index < -0.39 is 132 Å². The number of hydrogen-bond acceptors (Lipinski definition) is 18. The van der Waals surface area contributed by atoms with Crippen LogP contribution in [-0.2, 0) is 47.6 Å². The fourth-order valence-electron chi connectivity index (χ4n) is 8.68. The van der Waals surface area contributed by atoms with Crippen LogP contribution in [0, 0.1) is 23.7 Å². The first-order valence-corrected chi connectivity index (χ1v) is 20.8. The predicted octanol–water partition coefficient (Wildman–Crippen LogP) is -0.337. The monoisotopic (exact) mass is 883 g/mol. The van der Waals surface area contributed by atoms with Gasteiger partial charge >= 0.3 is 17.9 Å². The lowest BCUT2D eigenvalue weighted by molar-refractivity contribution is -0.318. The summed E-state index contributed by atoms with van der Waals surface area (Å²) in [5.74, 6) is -8.51. The number of hydrogen-bond donors (Lipinski definition) is 9. The Morgan fingerprint density at radius 2 is 1.39 bits per heavy atom. The van der Waals surface area contributed by atoms with Crippen LogP contribution in [0.5, 0.6) is 0 Å². The van der Waals surface area contributed by atoms with Gasteiger partial charge in [-0.05, 0) is 74.9 Å². The lowest BCUT2D eigenvalue weighted by Crippen LogP contribution is -2.61. The number of ketones is 1. The van der Waals surface area contributed by atoms with Crippen LogP contribution < -0.4 is 0 Å². The van der Waals surface area contributed by atoms with Crippen molar-refractivity contribution in [2.45, 2.75) is 191 Å². The average molecular weight is 884 g/mol. The topological polar surface area (TPSA) is 309 Å². The molecular formula is C41H73NO19. The van der Waals surface area contributed by atoms with Gasteiger partial charge in [-0.2, -0.15) is 0 Å². The molecule has 3 aliphatic rings. The van der Waals surface area contributed by atoms with Crippen LogP contribution in [0.25, 0.3) is 0 Å². The number of aliphatic hydroxyl groups excluding tert-OH is 5. The summed E-state index contributed by atoms with van der Waals surface area (Å²) in [5.41, 5.74) is -4.84. The number of aliphatic carboxylic acids is 2. The van der Waals surface area contributed by atoms with Crippen LogP contribution in [0.4, 0.5) is 0 Å². The number of rotatable bonds is 10. The van der Waals surface area contributed by atoms with Crippen LogP contribution in [-0.4, -0.2) is 192 Å². The summed E-state index contributed by atoms with van der Waals surface area (Å²) in [6.07, 6.45) is -14.2. The summed E-state index contributed by atoms with van der Waals surface area (Å²) >= 11 is 0. The van der Waals surface area contributed by atoms with Gasteiger partial charge in [-0.25, -0.2) is 9.59 Å². The molecule has 0 amide bonds. The molecule has 0 spiro atoms. The molecule has 3 rings (SSSR count). The Kier molecular flexibility index (Phi) is 19.7. The van der Waals surface area contributed by atoms with Crippen molar-refractivity contribution in [2.75, 3.05) is 21.2 Å². The van der Waals surface area contributed by atoms with E-state index in [9.17, 15) is 44.7 Å². The standard InChI is InChI=1S/C37H67NO13.C4H6O6/c1-14-25-37(10,45)30(41)20(4)27(39)18(2)16-35(8,44)32(51-34-28(40)24(38(11)12)15-19(3)47-34)21(5)29(22(6)33(43)49-25)50-26-17-36(9,46-13)31(42)23(7)48-26;5-1(3(7)8)2(6)4(9)10/h18-26,28-32,34,40-42,44-45H,14-17H2,1-13H3;1-2,5-6H,(H,7,8)(H,9,10)/t18-,19+,20+,21+,22-,23+,24-,25-,26+,28+,29+,30-,31+,32-,34-,35-,36-,37-;/m1./s1. The van der Waals surface area contributed by atoms with Crippen molar-refractivity contribution in [1.82, 2.24) is 4.90 Å². The van der Waals surface area contributed by atoms with Crippen molar-refractivity contribution in [1.29, 1.82) is 0 Å². The molecule has 0 radical (unpaired) electrons. The predicted molar refractivity (Wildman–Crippen MR) is 214 cm³/mol. The average Bonchev–Trinajstić information content (AvgIpc) is 3.18. The van der Waals surface area contributed by atoms with Crippen LogP contribution in [0.15, 0.2) is 0 Å². The maximum Gasteiger partial charge on any atom is 0.335 e. The number of nitrogens with zero attached hydrogens (tertiary/aromatic N) is 1. The third-order valence-electron chi connectivity index (χ3n) is 12.6. The highest BCUT2D eigenvalue weighted by molar-refractivity contribution is 5.84. The van der Waals surface area contributed by atoms with Gasteiger partial charge in [0.2, 0.25) is 0 Å². The zero-order chi connectivity index (χ0) is 47.3. The number of esters is 1. The van der Waals surface area contributed by atoms with Crippen molar-refractivity contribution in [2.24, 2.45) is 23.7 Å². The number of likely N-dealkylation sites (N-methyl/N-ethyl adjacent to an activating group) is 1. The molecule has 20 atom stereocenters. The Labute approximate surface area is 358 Å². The molecular weight excluding hydrogens is 810 g/mol. The number of carboxylic acids is 2. The van der Waals surface area contributed by atoms with Gasteiger partial charge in [-0.15, -0.1) is 0 Å². The lowest BCUT2D eigenvalue weighted by atomic mass is 9.74. The molecule has 2 unspecified atom stereocenters. The highest BCUT2D eigenvalue weighted by Gasteiger charge is 2.53. The quantitative estimate of drug-likeness (QED) is 0.127. The minimum absolute atomic E-state index is 0.0936. The van der Waals surface area contributed by atoms with Gasteiger partial charge in [0.05, 0.1) is 47.6 Å². The number of Topliss-reactive ketones (excluding diaryl/α,β-unsaturated/α-hetero) is 1. The van der Waals surface area contributed by atoms with E-state index in [-0.39, 0.29) is 31.4 Å². The minimum Gasteiger partial charge on any atom is -0.479 e. The first-order chi connectivity index (χ1) is 27.9. The molecule has 0 saturated carbocycles. The van der Waals surface area contributed by atoms with E-state index in [1.807, 2.05) is 25.9 Å². The van der Waals surface area contributed by atoms with Crippen molar-refractivity contribution < 1.29 is 93.6 Å². The van der Waals surface area contributed by atoms with E-state index >= 15 is 0 Å². The second kappa shape index (κ2) is 22.0. The smallest absolute Gasteiger partial charge is 0.335 e. The van der Waals surface area contributed by atoms with Gasteiger partial charge < -0.3 is 79.3 Å². The molecule has 3 heterocycles. The Morgan fingerprint density at radius 1 is 0.852 bits per heavy atom. The molecule has 9 N–H and O–H groups in total. The summed E-state index contributed by atoms with van der Waals surface area (Å²) < 4.78 is 37.1. The Hall–Kier alpha value is -2.44. The van der Waals surface area contributed by atoms with Gasteiger partial charge in [-0.1, -0.05) is 27.7 Å². The molecule has 3 fully saturated rings. The first-order valence-electron chi connectivity index (χ1n) is 20.8. The SMILES string of the molecule is CC[C@H]1OC(=O)[C@H](C)[C@@H](O[C@H]2C[C@@](C)(OC)[C@@H](O)[C@H](C)O2)[C@H](C)[C@@H](O[C@H]2O[C@@H](C)C[C@@H](N(C)C)[C@@H]2O)[C@](C)(O)C[C@@H](C)C(=O)[C@H](C)[C@@H](O)[C@]1(C)O.O=C(O)C(O)C(O)C(=O)O. The Bertz CT molecular complexity index is 1440. The van der Waals surface area contributed by atoms with E-state index in [1.165, 1.54) is 27.9 Å². The second-order valence-corrected chi connectivity index (χ2v) is 18.0. The second-order valence-electron chi connectivity index (χ2n) is 18.0. The van der Waals surface area contributed by atoms with E-state index in [4.69, 9.17) is 48.8 Å². The van der Waals surface area contributed by atoms with Crippen LogP contribution >= 0.6 is 0 Å². The number of cyclic esters (lactones) is 1. The zero-order valence-electron chi connectivity index (χ0n) is 37.7. The molecule has 20 nitrogen and oxygen atoms in total. The number of carbonyl (C=O) groups is 4. The van der Waals surface area contributed by atoms with Gasteiger partial charge in [0.25, 0.3) is 0 Å². The van der Waals surface area contributed by atoms with Gasteiger partial charge in [0.1, 0.15) is 29.7 Å². The molecule has 20 heteroatoms. The van der Waals surface area contributed by atoms with Gasteiger partial charge in [0, 0.05) is 37.3 Å². The highest BCUT2D eigenvalue weighted by Crippen LogP contribution is 2.40. The molecule has 0 aliphatic carbocycles. The molecule has 3 saturated heterocycles. The maximum absolute atomic E-state index is 14.1. The molecule has 3 aliphatic heterocycles. The molecule has 0 bridgehead atoms. The van der Waals surface area contributed by atoms with Crippen LogP contribution in [0.3, 0.4) is 0 Å². The van der Waals surface area contributed by atoms with Crippen molar-refractivity contribution >= 4 is 23.7 Å². The highest BCUT2D eigenvalue weighted by atomic mass is 16.7. The maximum atomic E-state index is 14.1. The molecule has 0 aromatic carbocycles. The summed E-state index contributed by atoms with van der Waals surface area (Å²) in [7, 11) is 5.18. The lowest BCUT2D eigenvalue weighted by Gasteiger charge is -2.49. The third-order valence-corrected chi connectivity index (χ3v) is 12.6. The fraction of sp³-hybridized carbons (Fsp3) is 0.902. The number of aliphatic hydroxyl groups is 7. The van der Waals surface area contributed by atoms with Gasteiger partial charge in [0.15, 0.2) is 24.8 Å². The van der Waals surface area contributed by atoms with E-state index in [0.29, 0.717) is 6.42 Å². The zero-order valence-corrected chi connectivity index (χ0v) is 37.7. The number of carbonyl (C=O) groups excluding carboxylic acids is 2. The van der Waals surface area contributed by atoms with Gasteiger partial charge in [-0.3, -0.25) is 9.59 Å². The van der Waals surface area contributed by atoms with Crippen molar-refractivity contribution in [3.8, 4) is 0 Å². The molecule has 356 valence electrons. The van der Waals surface area contributed by atoms with Crippen molar-refractivity contribution in [3.63, 3.8) is 0 Å². The third kappa shape index (κ3) is 13.1.